The van der Waals surface area contributed by atoms with Gasteiger partial charge in [0.1, 0.15) is 8.07 Å². The molecule has 204 valence electrons. The summed E-state index contributed by atoms with van der Waals surface area (Å²) in [6.45, 7) is 14.3. The third-order valence-electron chi connectivity index (χ3n) is 9.23. The monoisotopic (exact) mass is 540 g/mol. The van der Waals surface area contributed by atoms with Crippen molar-refractivity contribution in [3.05, 3.63) is 142 Å². The average molecular weight is 541 g/mol. The van der Waals surface area contributed by atoms with Gasteiger partial charge in [0.15, 0.2) is 0 Å². The van der Waals surface area contributed by atoms with E-state index in [9.17, 15) is 0 Å². The van der Waals surface area contributed by atoms with Crippen LogP contribution in [0.5, 0.6) is 0 Å². The first-order valence-corrected chi connectivity index (χ1v) is 18.1. The highest BCUT2D eigenvalue weighted by atomic mass is 28.3. The van der Waals surface area contributed by atoms with Crippen molar-refractivity contribution in [1.29, 1.82) is 0 Å². The van der Waals surface area contributed by atoms with Crippen molar-refractivity contribution >= 4 is 29.6 Å². The van der Waals surface area contributed by atoms with E-state index >= 15 is 0 Å². The van der Waals surface area contributed by atoms with Crippen molar-refractivity contribution in [2.24, 2.45) is 0 Å². The fourth-order valence-electron chi connectivity index (χ4n) is 6.97. The molecule has 0 bridgehead atoms. The summed E-state index contributed by atoms with van der Waals surface area (Å²) in [6.07, 6.45) is 4.13. The molecule has 0 spiro atoms. The Bertz CT molecular complexity index is 1470. The van der Waals surface area contributed by atoms with Crippen molar-refractivity contribution in [3.8, 4) is 0 Å². The van der Waals surface area contributed by atoms with Gasteiger partial charge in [-0.15, -0.1) is 0 Å². The van der Waals surface area contributed by atoms with Crippen LogP contribution in [0.2, 0.25) is 12.6 Å². The maximum atomic E-state index is 2.66. The number of hydrogen-bond donors (Lipinski definition) is 0. The number of hydrogen-bond acceptors (Lipinski definition) is 0. The summed E-state index contributed by atoms with van der Waals surface area (Å²) in [7, 11) is -2.20. The quantitative estimate of drug-likeness (QED) is 0.185. The Morgan fingerprint density at radius 2 is 0.675 bits per heavy atom. The first kappa shape index (κ1) is 28.1. The molecule has 0 aromatic heterocycles. The molecule has 1 aliphatic rings. The Kier molecular flexibility index (Phi) is 8.42. The molecule has 0 atom stereocenters. The molecule has 0 nitrogen and oxygen atoms in total. The van der Waals surface area contributed by atoms with Gasteiger partial charge >= 0.3 is 0 Å². The molecule has 0 N–H and O–H groups in total. The summed E-state index contributed by atoms with van der Waals surface area (Å²) >= 11 is 0. The van der Waals surface area contributed by atoms with Crippen LogP contribution in [0.15, 0.2) is 97.1 Å². The zero-order valence-corrected chi connectivity index (χ0v) is 26.3. The van der Waals surface area contributed by atoms with E-state index in [1.807, 2.05) is 0 Å². The molecule has 0 saturated carbocycles. The molecule has 1 heteroatoms. The van der Waals surface area contributed by atoms with Crippen molar-refractivity contribution in [2.75, 3.05) is 0 Å². The van der Waals surface area contributed by atoms with Gasteiger partial charge in [-0.1, -0.05) is 144 Å². The van der Waals surface area contributed by atoms with E-state index in [2.05, 4.69) is 138 Å². The summed E-state index contributed by atoms with van der Waals surface area (Å²) < 4.78 is 0. The summed E-state index contributed by atoms with van der Waals surface area (Å²) in [5.74, 6) is 0. The minimum atomic E-state index is -2.20. The SMILES string of the molecule is CCc1ccccc1C1=C(c2ccccc2CC)[Si](C)(CC)C(c2ccccc2CC)=C1c1ccccc1CC. The molecule has 40 heavy (non-hydrogen) atoms. The van der Waals surface area contributed by atoms with Crippen LogP contribution in [0.3, 0.4) is 0 Å². The second kappa shape index (κ2) is 12.0. The van der Waals surface area contributed by atoms with Crippen LogP contribution in [0.25, 0.3) is 21.5 Å². The average Bonchev–Trinajstić information content (AvgIpc) is 3.29. The smallest absolute Gasteiger partial charge is 0.0672 e. The van der Waals surface area contributed by atoms with Crippen LogP contribution < -0.4 is 0 Å². The number of benzene rings is 4. The molecule has 1 heterocycles. The van der Waals surface area contributed by atoms with Crippen LogP contribution in [0.4, 0.5) is 0 Å². The molecule has 0 fully saturated rings. The van der Waals surface area contributed by atoms with Crippen LogP contribution in [0.1, 0.15) is 79.1 Å². The van der Waals surface area contributed by atoms with Crippen molar-refractivity contribution < 1.29 is 0 Å². The highest BCUT2D eigenvalue weighted by Crippen LogP contribution is 2.58. The van der Waals surface area contributed by atoms with Crippen LogP contribution in [0, 0.1) is 0 Å². The van der Waals surface area contributed by atoms with Gasteiger partial charge < -0.3 is 0 Å². The first-order valence-electron chi connectivity index (χ1n) is 15.4. The minimum Gasteiger partial charge on any atom is -0.0672 e. The van der Waals surface area contributed by atoms with Gasteiger partial charge in [0.25, 0.3) is 0 Å². The zero-order valence-electron chi connectivity index (χ0n) is 25.3. The number of rotatable bonds is 9. The lowest BCUT2D eigenvalue weighted by molar-refractivity contribution is 1.12. The van der Waals surface area contributed by atoms with Gasteiger partial charge in [0.2, 0.25) is 0 Å². The molecule has 4 aromatic rings. The predicted octanol–water partition coefficient (Wildman–Crippen LogP) is 10.6. The lowest BCUT2D eigenvalue weighted by Crippen LogP contribution is -2.32. The molecular weight excluding hydrogens is 497 g/mol. The molecule has 0 radical (unpaired) electrons. The van der Waals surface area contributed by atoms with E-state index in [0.29, 0.717) is 0 Å². The van der Waals surface area contributed by atoms with Gasteiger partial charge in [0, 0.05) is 0 Å². The first-order chi connectivity index (χ1) is 19.5. The maximum absolute atomic E-state index is 2.66. The van der Waals surface area contributed by atoms with E-state index in [0.717, 1.165) is 25.7 Å². The summed E-state index contributed by atoms with van der Waals surface area (Å²) in [5, 5.41) is 3.27. The van der Waals surface area contributed by atoms with Crippen LogP contribution in [-0.2, 0) is 25.7 Å². The fourth-order valence-corrected chi connectivity index (χ4v) is 11.2. The largest absolute Gasteiger partial charge is 0.118 e. The van der Waals surface area contributed by atoms with E-state index in [1.54, 1.807) is 10.4 Å². The number of aryl methyl sites for hydroxylation is 4. The summed E-state index contributed by atoms with van der Waals surface area (Å²) in [5.41, 5.74) is 14.6. The Morgan fingerprint density at radius 1 is 0.400 bits per heavy atom. The predicted molar refractivity (Wildman–Crippen MR) is 179 cm³/mol. The normalized spacial score (nSPS) is 14.8. The second-order valence-electron chi connectivity index (χ2n) is 11.2. The van der Waals surface area contributed by atoms with Crippen molar-refractivity contribution in [3.63, 3.8) is 0 Å². The Labute approximate surface area is 243 Å². The molecule has 0 unspecified atom stereocenters. The topological polar surface area (TPSA) is 0 Å². The van der Waals surface area contributed by atoms with Gasteiger partial charge in [-0.05, 0) is 91.7 Å². The molecule has 0 saturated heterocycles. The Morgan fingerprint density at radius 3 is 0.975 bits per heavy atom. The maximum Gasteiger partial charge on any atom is 0.118 e. The Hall–Kier alpha value is -3.42. The zero-order chi connectivity index (χ0) is 28.3. The second-order valence-corrected chi connectivity index (χ2v) is 15.6. The van der Waals surface area contributed by atoms with Gasteiger partial charge in [-0.25, -0.2) is 0 Å². The molecular formula is C39H44Si. The molecule has 4 aromatic carbocycles. The van der Waals surface area contributed by atoms with Crippen LogP contribution >= 0.6 is 0 Å². The Balaban J connectivity index is 2.05. The highest BCUT2D eigenvalue weighted by Gasteiger charge is 2.47. The van der Waals surface area contributed by atoms with Gasteiger partial charge in [0.05, 0.1) is 0 Å². The standard InChI is InChI=1S/C39H44Si/c1-7-28-20-12-16-24-32(28)36-37(33-25-17-13-21-29(33)8-2)39(35-27-19-15-23-31(35)10-4)40(6,11-5)38(36)34-26-18-14-22-30(34)9-3/h12-27H,7-11H2,1-6H3. The highest BCUT2D eigenvalue weighted by molar-refractivity contribution is 7.14. The third-order valence-corrected chi connectivity index (χ3v) is 13.9. The van der Waals surface area contributed by atoms with Gasteiger partial charge in [-0.2, -0.15) is 0 Å². The molecule has 5 rings (SSSR count). The summed E-state index contributed by atoms with van der Waals surface area (Å²) in [4.78, 5) is 0. The fraction of sp³-hybridized carbons (Fsp3) is 0.282. The van der Waals surface area contributed by atoms with E-state index in [1.165, 1.54) is 61.7 Å². The van der Waals surface area contributed by atoms with E-state index in [4.69, 9.17) is 0 Å². The molecule has 1 aliphatic heterocycles. The third kappa shape index (κ3) is 4.65. The molecule has 0 amide bonds. The van der Waals surface area contributed by atoms with E-state index in [-0.39, 0.29) is 0 Å². The van der Waals surface area contributed by atoms with Crippen molar-refractivity contribution in [2.45, 2.75) is 72.9 Å². The number of allylic oxidation sites excluding steroid dienone is 2. The minimum absolute atomic E-state index is 1.02. The van der Waals surface area contributed by atoms with Crippen LogP contribution in [-0.4, -0.2) is 8.07 Å². The summed E-state index contributed by atoms with van der Waals surface area (Å²) in [6, 6.07) is 38.1. The van der Waals surface area contributed by atoms with Gasteiger partial charge in [-0.3, -0.25) is 0 Å². The van der Waals surface area contributed by atoms with Crippen molar-refractivity contribution in [1.82, 2.24) is 0 Å². The molecule has 0 aliphatic carbocycles. The van der Waals surface area contributed by atoms with E-state index < -0.39 is 8.07 Å². The lowest BCUT2D eigenvalue weighted by atomic mass is 9.83. The lowest BCUT2D eigenvalue weighted by Gasteiger charge is -2.31.